The standard InChI is InChI=1S/C27H25Cl3N2O4/c1-35-17-32(25(33)16-36-24-14-22(29)21(28)13-23(24)30)27(26(34)31-20-9-3-2-4-10-20)12-11-18-7-5-6-8-19(18)15-27/h2-10,13-14H,11-12,15-17H2,1H3,(H,31,34). The molecule has 1 N–H and O–H groups in total. The van der Waals surface area contributed by atoms with Gasteiger partial charge in [-0.25, -0.2) is 0 Å². The number of halogens is 3. The van der Waals surface area contributed by atoms with Gasteiger partial charge in [-0.15, -0.1) is 0 Å². The third-order valence-corrected chi connectivity index (χ3v) is 7.28. The van der Waals surface area contributed by atoms with Crippen molar-refractivity contribution in [3.8, 4) is 5.75 Å². The van der Waals surface area contributed by atoms with Crippen molar-refractivity contribution in [2.24, 2.45) is 0 Å². The van der Waals surface area contributed by atoms with Crippen LogP contribution in [0, 0.1) is 0 Å². The van der Waals surface area contributed by atoms with Crippen molar-refractivity contribution in [3.05, 3.63) is 92.9 Å². The summed E-state index contributed by atoms with van der Waals surface area (Å²) in [5.41, 5.74) is 1.62. The van der Waals surface area contributed by atoms with Crippen molar-refractivity contribution in [2.45, 2.75) is 24.8 Å². The van der Waals surface area contributed by atoms with E-state index < -0.39 is 11.4 Å². The van der Waals surface area contributed by atoms with Crippen molar-refractivity contribution >= 4 is 52.3 Å². The van der Waals surface area contributed by atoms with Crippen LogP contribution in [0.5, 0.6) is 5.75 Å². The molecule has 2 amide bonds. The fourth-order valence-corrected chi connectivity index (χ4v) is 5.02. The topological polar surface area (TPSA) is 67.9 Å². The van der Waals surface area contributed by atoms with Crippen molar-refractivity contribution in [3.63, 3.8) is 0 Å². The van der Waals surface area contributed by atoms with E-state index in [0.717, 1.165) is 11.1 Å². The van der Waals surface area contributed by atoms with Crippen LogP contribution in [-0.4, -0.2) is 42.7 Å². The highest BCUT2D eigenvalue weighted by molar-refractivity contribution is 6.43. The van der Waals surface area contributed by atoms with Gasteiger partial charge in [0.05, 0.1) is 15.1 Å². The zero-order valence-corrected chi connectivity index (χ0v) is 21.9. The normalized spacial score (nSPS) is 16.7. The summed E-state index contributed by atoms with van der Waals surface area (Å²) in [6, 6.07) is 20.0. The minimum Gasteiger partial charge on any atom is -0.482 e. The van der Waals surface area contributed by atoms with Crippen LogP contribution < -0.4 is 10.1 Å². The maximum atomic E-state index is 13.9. The van der Waals surface area contributed by atoms with Gasteiger partial charge in [-0.2, -0.15) is 0 Å². The molecule has 1 aliphatic rings. The number of anilines is 1. The van der Waals surface area contributed by atoms with E-state index in [9.17, 15) is 9.59 Å². The average Bonchev–Trinajstić information content (AvgIpc) is 2.88. The first kappa shape index (κ1) is 26.3. The molecule has 0 fully saturated rings. The van der Waals surface area contributed by atoms with Gasteiger partial charge in [-0.1, -0.05) is 77.3 Å². The molecule has 0 aliphatic heterocycles. The van der Waals surface area contributed by atoms with E-state index in [2.05, 4.69) is 5.32 Å². The van der Waals surface area contributed by atoms with Gasteiger partial charge in [0.15, 0.2) is 6.61 Å². The summed E-state index contributed by atoms with van der Waals surface area (Å²) < 4.78 is 11.1. The predicted molar refractivity (Wildman–Crippen MR) is 142 cm³/mol. The maximum absolute atomic E-state index is 13.9. The summed E-state index contributed by atoms with van der Waals surface area (Å²) in [6.45, 7) is -0.468. The van der Waals surface area contributed by atoms with E-state index in [-0.39, 0.29) is 40.1 Å². The van der Waals surface area contributed by atoms with Gasteiger partial charge in [-0.3, -0.25) is 9.59 Å². The molecular weight excluding hydrogens is 523 g/mol. The van der Waals surface area contributed by atoms with E-state index >= 15 is 0 Å². The molecule has 0 radical (unpaired) electrons. The zero-order chi connectivity index (χ0) is 25.7. The average molecular weight is 548 g/mol. The molecule has 0 spiro atoms. The van der Waals surface area contributed by atoms with Crippen molar-refractivity contribution in [2.75, 3.05) is 25.8 Å². The summed E-state index contributed by atoms with van der Waals surface area (Å²) in [5, 5.41) is 3.74. The Bertz CT molecular complexity index is 1260. The molecule has 3 aromatic rings. The number of para-hydroxylation sites is 1. The lowest BCUT2D eigenvalue weighted by atomic mass is 9.76. The van der Waals surface area contributed by atoms with Crippen molar-refractivity contribution in [1.82, 2.24) is 4.90 Å². The summed E-state index contributed by atoms with van der Waals surface area (Å²) in [5.74, 6) is -0.503. The molecule has 188 valence electrons. The Morgan fingerprint density at radius 1 is 0.944 bits per heavy atom. The van der Waals surface area contributed by atoms with Crippen LogP contribution in [-0.2, 0) is 27.2 Å². The van der Waals surface area contributed by atoms with Gasteiger partial charge >= 0.3 is 0 Å². The van der Waals surface area contributed by atoms with Crippen LogP contribution in [0.15, 0.2) is 66.7 Å². The number of methoxy groups -OCH3 is 1. The second kappa shape index (κ2) is 11.5. The number of amides is 2. The van der Waals surface area contributed by atoms with Crippen molar-refractivity contribution < 1.29 is 19.1 Å². The first-order valence-electron chi connectivity index (χ1n) is 11.3. The first-order chi connectivity index (χ1) is 17.3. The van der Waals surface area contributed by atoms with E-state index in [4.69, 9.17) is 44.3 Å². The second-order valence-corrected chi connectivity index (χ2v) is 9.74. The fourth-order valence-electron chi connectivity index (χ4n) is 4.43. The molecule has 6 nitrogen and oxygen atoms in total. The third-order valence-electron chi connectivity index (χ3n) is 6.27. The summed E-state index contributed by atoms with van der Waals surface area (Å²) in [7, 11) is 1.48. The Kier molecular flexibility index (Phi) is 8.42. The van der Waals surface area contributed by atoms with E-state index in [0.29, 0.717) is 24.9 Å². The Labute approximate surface area is 225 Å². The highest BCUT2D eigenvalue weighted by Gasteiger charge is 2.48. The molecule has 0 saturated heterocycles. The molecule has 0 aromatic heterocycles. The Morgan fingerprint density at radius 3 is 2.33 bits per heavy atom. The molecule has 0 bridgehead atoms. The fraction of sp³-hybridized carbons (Fsp3) is 0.259. The molecular formula is C27H25Cl3N2O4. The number of nitrogens with one attached hydrogen (secondary N) is 1. The number of rotatable bonds is 8. The lowest BCUT2D eigenvalue weighted by Crippen LogP contribution is -2.63. The molecule has 1 atom stereocenters. The molecule has 0 heterocycles. The quantitative estimate of drug-likeness (QED) is 0.276. The van der Waals surface area contributed by atoms with Gasteiger partial charge in [0.2, 0.25) is 0 Å². The smallest absolute Gasteiger partial charge is 0.263 e. The third kappa shape index (κ3) is 5.62. The highest BCUT2D eigenvalue weighted by Crippen LogP contribution is 2.36. The number of carbonyl (C=O) groups excluding carboxylic acids is 2. The van der Waals surface area contributed by atoms with Gasteiger partial charge in [0.25, 0.3) is 11.8 Å². The number of carbonyl (C=O) groups is 2. The Morgan fingerprint density at radius 2 is 1.61 bits per heavy atom. The number of hydrogen-bond donors (Lipinski definition) is 1. The molecule has 3 aromatic carbocycles. The number of ether oxygens (including phenoxy) is 2. The number of benzene rings is 3. The van der Waals surface area contributed by atoms with E-state index in [1.165, 1.54) is 24.1 Å². The van der Waals surface area contributed by atoms with Gasteiger partial charge in [0.1, 0.15) is 18.0 Å². The lowest BCUT2D eigenvalue weighted by Gasteiger charge is -2.45. The van der Waals surface area contributed by atoms with Crippen LogP contribution >= 0.6 is 34.8 Å². The SMILES string of the molecule is COCN(C(=O)COc1cc(Cl)c(Cl)cc1Cl)C1(C(=O)Nc2ccccc2)CCc2ccccc2C1. The summed E-state index contributed by atoms with van der Waals surface area (Å²) >= 11 is 18.3. The van der Waals surface area contributed by atoms with E-state index in [1.807, 2.05) is 42.5 Å². The number of aryl methyl sites for hydroxylation is 1. The largest absolute Gasteiger partial charge is 0.482 e. The zero-order valence-electron chi connectivity index (χ0n) is 19.6. The monoisotopic (exact) mass is 546 g/mol. The summed E-state index contributed by atoms with van der Waals surface area (Å²) in [4.78, 5) is 28.9. The molecule has 4 rings (SSSR count). The van der Waals surface area contributed by atoms with Gasteiger partial charge in [0, 0.05) is 25.3 Å². The molecule has 1 aliphatic carbocycles. The Balaban J connectivity index is 1.65. The number of nitrogens with zero attached hydrogens (tertiary/aromatic N) is 1. The van der Waals surface area contributed by atoms with Crippen LogP contribution in [0.2, 0.25) is 15.1 Å². The minimum absolute atomic E-state index is 0.0956. The van der Waals surface area contributed by atoms with Crippen molar-refractivity contribution in [1.29, 1.82) is 0 Å². The van der Waals surface area contributed by atoms with Crippen LogP contribution in [0.25, 0.3) is 0 Å². The molecule has 36 heavy (non-hydrogen) atoms. The molecule has 0 saturated carbocycles. The van der Waals surface area contributed by atoms with Crippen LogP contribution in [0.4, 0.5) is 5.69 Å². The van der Waals surface area contributed by atoms with Gasteiger partial charge in [-0.05, 0) is 42.2 Å². The van der Waals surface area contributed by atoms with E-state index in [1.54, 1.807) is 12.1 Å². The lowest BCUT2D eigenvalue weighted by molar-refractivity contribution is -0.155. The Hall–Kier alpha value is -2.77. The van der Waals surface area contributed by atoms with Crippen LogP contribution in [0.1, 0.15) is 17.5 Å². The first-order valence-corrected chi connectivity index (χ1v) is 12.5. The number of hydrogen-bond acceptors (Lipinski definition) is 4. The maximum Gasteiger partial charge on any atom is 0.263 e. The highest BCUT2D eigenvalue weighted by atomic mass is 35.5. The second-order valence-electron chi connectivity index (χ2n) is 8.52. The van der Waals surface area contributed by atoms with Crippen LogP contribution in [0.3, 0.4) is 0 Å². The van der Waals surface area contributed by atoms with Gasteiger partial charge < -0.3 is 19.7 Å². The number of fused-ring (bicyclic) bond motifs is 1. The minimum atomic E-state index is -1.19. The predicted octanol–water partition coefficient (Wildman–Crippen LogP) is 6.02. The molecule has 1 unspecified atom stereocenters. The molecule has 9 heteroatoms. The summed E-state index contributed by atoms with van der Waals surface area (Å²) in [6.07, 6.45) is 1.39.